The van der Waals surface area contributed by atoms with Gasteiger partial charge in [0.05, 0.1) is 18.8 Å². The van der Waals surface area contributed by atoms with Crippen LogP contribution in [0.4, 0.5) is 11.9 Å². The van der Waals surface area contributed by atoms with Gasteiger partial charge in [-0.15, -0.1) is 5.10 Å². The Morgan fingerprint density at radius 1 is 0.828 bits per heavy atom. The molecule has 0 saturated heterocycles. The van der Waals surface area contributed by atoms with Gasteiger partial charge < -0.3 is 20.5 Å². The monoisotopic (exact) mass is 794 g/mol. The van der Waals surface area contributed by atoms with Crippen LogP contribution in [0.2, 0.25) is 0 Å². The summed E-state index contributed by atoms with van der Waals surface area (Å²) < 4.78 is 11.7. The molecule has 0 saturated carbocycles. The van der Waals surface area contributed by atoms with Crippen LogP contribution in [0.25, 0.3) is 21.5 Å². The van der Waals surface area contributed by atoms with Gasteiger partial charge in [0.1, 0.15) is 18.2 Å². The number of aromatic amines is 1. The number of anilines is 2. The first kappa shape index (κ1) is 47.3. The molecule has 0 aliphatic carbocycles. The maximum Gasteiger partial charge on any atom is 0.338 e. The third kappa shape index (κ3) is 12.3. The second-order valence-electron chi connectivity index (χ2n) is 12.8. The highest BCUT2D eigenvalue weighted by atomic mass is 16.5. The van der Waals surface area contributed by atoms with E-state index in [0.717, 1.165) is 44.7 Å². The summed E-state index contributed by atoms with van der Waals surface area (Å²) in [4.78, 5) is 45.2. The van der Waals surface area contributed by atoms with Gasteiger partial charge in [0.15, 0.2) is 6.29 Å². The summed E-state index contributed by atoms with van der Waals surface area (Å²) in [7, 11) is 0. The Labute approximate surface area is 338 Å². The molecule has 4 N–H and O–H groups in total. The summed E-state index contributed by atoms with van der Waals surface area (Å²) in [6, 6.07) is 27.3. The van der Waals surface area contributed by atoms with Crippen molar-refractivity contribution >= 4 is 57.4 Å². The lowest BCUT2D eigenvalue weighted by molar-refractivity contribution is -0.146. The summed E-state index contributed by atoms with van der Waals surface area (Å²) >= 11 is 0. The van der Waals surface area contributed by atoms with Gasteiger partial charge in [-0.2, -0.15) is 9.90 Å². The van der Waals surface area contributed by atoms with E-state index in [2.05, 4.69) is 64.4 Å². The van der Waals surface area contributed by atoms with E-state index in [1.165, 1.54) is 0 Å². The highest BCUT2D eigenvalue weighted by Crippen LogP contribution is 2.39. The van der Waals surface area contributed by atoms with Crippen molar-refractivity contribution in [1.82, 2.24) is 40.8 Å². The molecule has 0 amide bonds. The number of aromatic nitrogens is 8. The minimum Gasteiger partial charge on any atom is -0.466 e. The van der Waals surface area contributed by atoms with Crippen molar-refractivity contribution in [1.29, 1.82) is 0 Å². The normalized spacial score (nSPS) is 12.4. The fourth-order valence-corrected chi connectivity index (χ4v) is 5.65. The van der Waals surface area contributed by atoms with E-state index in [1.807, 2.05) is 80.6 Å². The molecule has 0 radical (unpaired) electrons. The number of ketones is 1. The van der Waals surface area contributed by atoms with Crippen LogP contribution in [0.3, 0.4) is 0 Å². The third-order valence-corrected chi connectivity index (χ3v) is 8.32. The van der Waals surface area contributed by atoms with E-state index in [9.17, 15) is 19.2 Å². The summed E-state index contributed by atoms with van der Waals surface area (Å²) in [5, 5.41) is 31.6. The van der Waals surface area contributed by atoms with Gasteiger partial charge in [-0.05, 0) is 62.5 Å². The van der Waals surface area contributed by atoms with E-state index >= 15 is 0 Å². The second kappa shape index (κ2) is 23.3. The number of aldehydes is 1. The van der Waals surface area contributed by atoms with Gasteiger partial charge >= 0.3 is 11.9 Å². The lowest BCUT2D eigenvalue weighted by atomic mass is 9.89. The van der Waals surface area contributed by atoms with E-state index in [4.69, 9.17) is 10.5 Å². The van der Waals surface area contributed by atoms with Gasteiger partial charge in [-0.1, -0.05) is 138 Å². The molecule has 16 nitrogen and oxygen atoms in total. The van der Waals surface area contributed by atoms with Crippen LogP contribution < -0.4 is 11.1 Å². The quantitative estimate of drug-likeness (QED) is 0.0749. The van der Waals surface area contributed by atoms with Crippen LogP contribution in [-0.4, -0.2) is 78.1 Å². The average molecular weight is 795 g/mol. The number of rotatable bonds is 9. The molecule has 3 heterocycles. The van der Waals surface area contributed by atoms with Gasteiger partial charge in [-0.3, -0.25) is 14.4 Å². The molecule has 2 aromatic heterocycles. The molecule has 6 aromatic rings. The van der Waals surface area contributed by atoms with Crippen LogP contribution in [-0.2, 0) is 23.9 Å². The predicted molar refractivity (Wildman–Crippen MR) is 225 cm³/mol. The van der Waals surface area contributed by atoms with E-state index in [0.29, 0.717) is 24.7 Å². The Morgan fingerprint density at radius 2 is 1.43 bits per heavy atom. The van der Waals surface area contributed by atoms with Gasteiger partial charge in [0, 0.05) is 17.2 Å². The van der Waals surface area contributed by atoms with E-state index in [-0.39, 0.29) is 50.8 Å². The topological polar surface area (TPSA) is 223 Å². The molecule has 1 aliphatic heterocycles. The molecular weight excluding hydrogens is 741 g/mol. The largest absolute Gasteiger partial charge is 0.466 e. The minimum absolute atomic E-state index is 0. The molecular formula is C42H54N10O6. The van der Waals surface area contributed by atoms with Crippen molar-refractivity contribution in [3.8, 4) is 0 Å². The lowest BCUT2D eigenvalue weighted by Crippen LogP contribution is -2.32. The second-order valence-corrected chi connectivity index (χ2v) is 12.8. The fraction of sp³-hybridized carbons (Fsp3) is 0.333. The Morgan fingerprint density at radius 3 is 1.98 bits per heavy atom. The number of hydrogen-bond acceptors (Lipinski definition) is 14. The van der Waals surface area contributed by atoms with Crippen molar-refractivity contribution in [3.05, 3.63) is 107 Å². The number of nitrogens with two attached hydrogens (primary N) is 1. The Balaban J connectivity index is 0.000000310. The number of nitrogens with zero attached hydrogens (tertiary/aromatic N) is 7. The number of carbonyl (C=O) groups is 4. The number of hydrogen-bond donors (Lipinski definition) is 3. The first-order valence-electron chi connectivity index (χ1n) is 18.0. The highest BCUT2D eigenvalue weighted by Gasteiger charge is 2.37. The van der Waals surface area contributed by atoms with Crippen LogP contribution in [0.5, 0.6) is 0 Å². The number of ether oxygens (including phenoxy) is 2. The summed E-state index contributed by atoms with van der Waals surface area (Å²) in [5.74, 6) is -0.158. The maximum absolute atomic E-state index is 13.0. The van der Waals surface area contributed by atoms with Crippen LogP contribution in [0.15, 0.2) is 96.2 Å². The zero-order valence-corrected chi connectivity index (χ0v) is 32.2. The number of carbonyl (C=O) groups excluding carboxylic acids is 4. The van der Waals surface area contributed by atoms with Crippen LogP contribution >= 0.6 is 0 Å². The lowest BCUT2D eigenvalue weighted by Gasteiger charge is -2.30. The van der Waals surface area contributed by atoms with Crippen molar-refractivity contribution < 1.29 is 28.7 Å². The molecule has 0 bridgehead atoms. The number of benzene rings is 4. The number of nitrogen functional groups attached to an aromatic ring is 1. The molecule has 7 rings (SSSR count). The van der Waals surface area contributed by atoms with E-state index in [1.54, 1.807) is 32.4 Å². The van der Waals surface area contributed by atoms with Gasteiger partial charge in [0.25, 0.3) is 5.95 Å². The Bertz CT molecular complexity index is 2260. The predicted octanol–water partition coefficient (Wildman–Crippen LogP) is 7.19. The van der Waals surface area contributed by atoms with Crippen molar-refractivity contribution in [2.75, 3.05) is 24.3 Å². The average Bonchev–Trinajstić information content (AvgIpc) is 3.89. The first-order valence-corrected chi connectivity index (χ1v) is 18.0. The zero-order chi connectivity index (χ0) is 40.6. The number of nitrogens with one attached hydrogen (secondary N) is 2. The zero-order valence-electron chi connectivity index (χ0n) is 32.2. The minimum atomic E-state index is -0.459. The molecule has 0 fully saturated rings. The number of esters is 2. The summed E-state index contributed by atoms with van der Waals surface area (Å²) in [6.07, 6.45) is 0.799. The molecule has 308 valence electrons. The molecule has 16 heteroatoms. The fourth-order valence-electron chi connectivity index (χ4n) is 5.65. The number of fused-ring (bicyclic) bond motifs is 3. The molecule has 0 spiro atoms. The Hall–Kier alpha value is -6.84. The molecule has 1 unspecified atom stereocenters. The van der Waals surface area contributed by atoms with Crippen LogP contribution in [0.1, 0.15) is 84.8 Å². The molecule has 1 atom stereocenters. The smallest absolute Gasteiger partial charge is 0.338 e. The number of tetrazole rings is 2. The van der Waals surface area contributed by atoms with Crippen molar-refractivity contribution in [2.45, 2.75) is 68.9 Å². The standard InChI is InChI=1S/C20H21N5O2.C11H8O.C8H14O3.CH3N5.2CH4/c1-4-27-19(26)16-17(12(2)3)21-20-22-23-24-25(20)18(16)15-11-7-9-13-8-5-6-10-14(13)15;12-8-10-6-3-5-9-4-1-2-7-11(9)10;1-4-11-8(10)5-7(9)6(2)3;2-1-3-5-6-4-1;;/h5-12,18H,4H2,1-3H3,(H,21,22,24);1-8H;6H,4-5H2,1-3H3;(H3,2,3,4,5,6);2*1H4. The summed E-state index contributed by atoms with van der Waals surface area (Å²) in [6.45, 7) is 11.8. The third-order valence-electron chi connectivity index (χ3n) is 8.32. The number of Topliss-reactive ketones (excluding diaryl/α,β-unsaturated/α-hetero) is 1. The van der Waals surface area contributed by atoms with Crippen LogP contribution in [0, 0.1) is 11.8 Å². The Kier molecular flexibility index (Phi) is 19.0. The van der Waals surface area contributed by atoms with Crippen molar-refractivity contribution in [3.63, 3.8) is 0 Å². The summed E-state index contributed by atoms with van der Waals surface area (Å²) in [5.41, 5.74) is 8.01. The van der Waals surface area contributed by atoms with Crippen molar-refractivity contribution in [2.24, 2.45) is 11.8 Å². The number of H-pyrrole nitrogens is 1. The molecule has 4 aromatic carbocycles. The SMILES string of the molecule is C.C.CCOC(=O)C1=C(C(C)C)Nc2nnnn2C1c1cccc2ccccc12.CCOC(=O)CC(=O)C(C)C.Nc1nn[nH]n1.O=Cc1cccc2ccccc12. The van der Waals surface area contributed by atoms with Gasteiger partial charge in [-0.25, -0.2) is 4.79 Å². The molecule has 58 heavy (non-hydrogen) atoms. The maximum atomic E-state index is 13.0. The van der Waals surface area contributed by atoms with Gasteiger partial charge in [0.2, 0.25) is 5.95 Å². The molecule has 1 aliphatic rings. The highest BCUT2D eigenvalue weighted by molar-refractivity contribution is 5.98. The number of allylic oxidation sites excluding steroid dienone is 1. The van der Waals surface area contributed by atoms with E-state index < -0.39 is 12.0 Å². The first-order chi connectivity index (χ1) is 27.0.